The van der Waals surface area contributed by atoms with E-state index in [1.165, 1.54) is 0 Å². The fraction of sp³-hybridized carbons (Fsp3) is 0.429. The number of aryl methyl sites for hydroxylation is 2. The zero-order valence-electron chi connectivity index (χ0n) is 11.9. The summed E-state index contributed by atoms with van der Waals surface area (Å²) >= 11 is 1.65. The van der Waals surface area contributed by atoms with Crippen LogP contribution in [0.5, 0.6) is 0 Å². The maximum atomic E-state index is 10.9. The molecule has 1 aliphatic heterocycles. The number of aromatic nitrogens is 2. The molecule has 3 rings (SSSR count). The fourth-order valence-corrected chi connectivity index (χ4v) is 3.43. The van der Waals surface area contributed by atoms with Crippen molar-refractivity contribution in [3.63, 3.8) is 0 Å². The van der Waals surface area contributed by atoms with Crippen molar-refractivity contribution in [2.75, 3.05) is 11.4 Å². The van der Waals surface area contributed by atoms with E-state index < -0.39 is 4.92 Å². The molecule has 110 valence electrons. The summed E-state index contributed by atoms with van der Waals surface area (Å²) in [6.45, 7) is 4.59. The van der Waals surface area contributed by atoms with Gasteiger partial charge in [0.1, 0.15) is 11.5 Å². The van der Waals surface area contributed by atoms with Crippen LogP contribution in [0.15, 0.2) is 17.5 Å². The van der Waals surface area contributed by atoms with Crippen molar-refractivity contribution in [3.05, 3.63) is 44.0 Å². The van der Waals surface area contributed by atoms with Crippen molar-refractivity contribution in [2.24, 2.45) is 0 Å². The van der Waals surface area contributed by atoms with Crippen LogP contribution in [0.3, 0.4) is 0 Å². The quantitative estimate of drug-likeness (QED) is 0.642. The highest BCUT2D eigenvalue weighted by Gasteiger charge is 2.29. The Bertz CT molecular complexity index is 685. The number of nitrogens with zero attached hydrogens (tertiary/aromatic N) is 4. The molecule has 6 nitrogen and oxygen atoms in total. The van der Waals surface area contributed by atoms with Gasteiger partial charge in [0.15, 0.2) is 0 Å². The molecule has 0 radical (unpaired) electrons. The lowest BCUT2D eigenvalue weighted by molar-refractivity contribution is -0.385. The lowest BCUT2D eigenvalue weighted by Gasteiger charge is -2.24. The molecule has 0 aromatic carbocycles. The van der Waals surface area contributed by atoms with Gasteiger partial charge in [0.25, 0.3) is 5.69 Å². The van der Waals surface area contributed by atoms with Crippen LogP contribution in [0.4, 0.5) is 11.5 Å². The van der Waals surface area contributed by atoms with Gasteiger partial charge in [0.2, 0.25) is 0 Å². The third-order valence-corrected chi connectivity index (χ3v) is 4.56. The average molecular weight is 304 g/mol. The molecule has 1 fully saturated rings. The Morgan fingerprint density at radius 2 is 2.19 bits per heavy atom. The number of hydrogen-bond donors (Lipinski definition) is 0. The van der Waals surface area contributed by atoms with Gasteiger partial charge in [-0.05, 0) is 32.8 Å². The Morgan fingerprint density at radius 1 is 1.38 bits per heavy atom. The van der Waals surface area contributed by atoms with Crippen LogP contribution in [0.25, 0.3) is 0 Å². The highest BCUT2D eigenvalue weighted by atomic mass is 32.1. The van der Waals surface area contributed by atoms with Crippen molar-refractivity contribution >= 4 is 22.8 Å². The third-order valence-electron chi connectivity index (χ3n) is 3.77. The van der Waals surface area contributed by atoms with Gasteiger partial charge in [-0.2, -0.15) is 0 Å². The molecule has 7 heteroatoms. The van der Waals surface area contributed by atoms with Crippen LogP contribution >= 0.6 is 11.3 Å². The van der Waals surface area contributed by atoms with Crippen LogP contribution in [0.2, 0.25) is 0 Å². The van der Waals surface area contributed by atoms with E-state index in [1.807, 2.05) is 6.92 Å². The smallest absolute Gasteiger partial charge is 0.290 e. The van der Waals surface area contributed by atoms with E-state index in [1.54, 1.807) is 30.4 Å². The Morgan fingerprint density at radius 3 is 2.81 bits per heavy atom. The Hall–Kier alpha value is -2.02. The lowest BCUT2D eigenvalue weighted by atomic mass is 10.1. The van der Waals surface area contributed by atoms with E-state index in [9.17, 15) is 10.1 Å². The van der Waals surface area contributed by atoms with Gasteiger partial charge >= 0.3 is 0 Å². The molecule has 3 heterocycles. The highest BCUT2D eigenvalue weighted by molar-refractivity contribution is 7.09. The van der Waals surface area contributed by atoms with Gasteiger partial charge in [-0.15, -0.1) is 11.3 Å². The number of rotatable bonds is 3. The predicted octanol–water partition coefficient (Wildman–Crippen LogP) is 3.40. The molecule has 0 spiro atoms. The Kier molecular flexibility index (Phi) is 3.59. The van der Waals surface area contributed by atoms with Gasteiger partial charge in [0.05, 0.1) is 21.7 Å². The Balaban J connectivity index is 1.92. The second-order valence-electron chi connectivity index (χ2n) is 5.17. The fourth-order valence-electron chi connectivity index (χ4n) is 2.77. The minimum Gasteiger partial charge on any atom is -0.348 e. The van der Waals surface area contributed by atoms with E-state index >= 15 is 0 Å². The maximum Gasteiger partial charge on any atom is 0.290 e. The molecule has 0 unspecified atom stereocenters. The summed E-state index contributed by atoms with van der Waals surface area (Å²) in [5.74, 6) is 0.797. The van der Waals surface area contributed by atoms with Crippen LogP contribution in [-0.4, -0.2) is 21.4 Å². The van der Waals surface area contributed by atoms with Crippen molar-refractivity contribution in [1.29, 1.82) is 0 Å². The standard InChI is InChI=1S/C14H16N4O2S/c1-9-12(18(19)20)5-6-14(15-9)17-7-3-4-13(17)11-8-21-10(2)16-11/h5-6,8,13H,3-4,7H2,1-2H3/t13-/m1/s1. The zero-order valence-corrected chi connectivity index (χ0v) is 12.8. The van der Waals surface area contributed by atoms with E-state index in [0.717, 1.165) is 35.9 Å². The van der Waals surface area contributed by atoms with Crippen molar-refractivity contribution in [3.8, 4) is 0 Å². The summed E-state index contributed by atoms with van der Waals surface area (Å²) in [5.41, 5.74) is 1.60. The van der Waals surface area contributed by atoms with Gasteiger partial charge in [-0.1, -0.05) is 0 Å². The van der Waals surface area contributed by atoms with Crippen LogP contribution in [0, 0.1) is 24.0 Å². The molecule has 1 saturated heterocycles. The summed E-state index contributed by atoms with van der Waals surface area (Å²) in [4.78, 5) is 21.7. The van der Waals surface area contributed by atoms with E-state index in [0.29, 0.717) is 5.69 Å². The minimum atomic E-state index is -0.391. The molecular formula is C14H16N4O2S. The molecule has 2 aromatic rings. The van der Waals surface area contributed by atoms with Crippen molar-refractivity contribution in [2.45, 2.75) is 32.7 Å². The highest BCUT2D eigenvalue weighted by Crippen LogP contribution is 2.36. The summed E-state index contributed by atoms with van der Waals surface area (Å²) in [7, 11) is 0. The molecule has 0 amide bonds. The normalized spacial score (nSPS) is 18.2. The number of anilines is 1. The van der Waals surface area contributed by atoms with E-state index in [4.69, 9.17) is 0 Å². The predicted molar refractivity (Wildman–Crippen MR) is 81.8 cm³/mol. The van der Waals surface area contributed by atoms with Crippen LogP contribution in [-0.2, 0) is 0 Å². The number of pyridine rings is 1. The SMILES string of the molecule is Cc1nc([C@H]2CCCN2c2ccc([N+](=O)[O-])c(C)n2)cs1. The molecule has 1 atom stereocenters. The molecule has 1 aliphatic rings. The summed E-state index contributed by atoms with van der Waals surface area (Å²) in [5, 5.41) is 14.0. The average Bonchev–Trinajstić information content (AvgIpc) is 3.06. The molecule has 0 bridgehead atoms. The van der Waals surface area contributed by atoms with Crippen molar-refractivity contribution < 1.29 is 4.92 Å². The first kappa shape index (κ1) is 13.9. The van der Waals surface area contributed by atoms with Gasteiger partial charge < -0.3 is 4.90 Å². The van der Waals surface area contributed by atoms with Crippen LogP contribution < -0.4 is 4.90 Å². The molecule has 0 saturated carbocycles. The maximum absolute atomic E-state index is 10.9. The second kappa shape index (κ2) is 5.40. The second-order valence-corrected chi connectivity index (χ2v) is 6.24. The van der Waals surface area contributed by atoms with Gasteiger partial charge in [-0.25, -0.2) is 9.97 Å². The zero-order chi connectivity index (χ0) is 15.0. The summed E-state index contributed by atoms with van der Waals surface area (Å²) in [6, 6.07) is 3.51. The first-order chi connectivity index (χ1) is 10.1. The van der Waals surface area contributed by atoms with Gasteiger partial charge in [-0.3, -0.25) is 10.1 Å². The largest absolute Gasteiger partial charge is 0.348 e. The number of thiazole rings is 1. The minimum absolute atomic E-state index is 0.0685. The molecular weight excluding hydrogens is 288 g/mol. The van der Waals surface area contributed by atoms with Gasteiger partial charge in [0, 0.05) is 18.0 Å². The molecule has 21 heavy (non-hydrogen) atoms. The van der Waals surface area contributed by atoms with E-state index in [-0.39, 0.29) is 11.7 Å². The topological polar surface area (TPSA) is 72.2 Å². The number of hydrogen-bond acceptors (Lipinski definition) is 6. The lowest BCUT2D eigenvalue weighted by Crippen LogP contribution is -2.24. The van der Waals surface area contributed by atoms with E-state index in [2.05, 4.69) is 20.2 Å². The number of nitro groups is 1. The summed E-state index contributed by atoms with van der Waals surface area (Å²) < 4.78 is 0. The Labute approximate surface area is 126 Å². The van der Waals surface area contributed by atoms with Crippen LogP contribution in [0.1, 0.15) is 35.3 Å². The third kappa shape index (κ3) is 2.61. The molecule has 2 aromatic heterocycles. The summed E-state index contributed by atoms with van der Waals surface area (Å²) in [6.07, 6.45) is 2.12. The first-order valence-corrected chi connectivity index (χ1v) is 7.75. The van der Waals surface area contributed by atoms with Crippen molar-refractivity contribution in [1.82, 2.24) is 9.97 Å². The molecule has 0 aliphatic carbocycles. The monoisotopic (exact) mass is 304 g/mol. The first-order valence-electron chi connectivity index (χ1n) is 6.87. The molecule has 0 N–H and O–H groups in total.